The van der Waals surface area contributed by atoms with Crippen molar-refractivity contribution in [2.45, 2.75) is 25.3 Å². The third kappa shape index (κ3) is 2.89. The van der Waals surface area contributed by atoms with Crippen molar-refractivity contribution in [2.75, 3.05) is 0 Å². The molecule has 0 spiro atoms. The first-order valence-electron chi connectivity index (χ1n) is 5.88. The van der Waals surface area contributed by atoms with E-state index in [1.54, 1.807) is 0 Å². The highest BCUT2D eigenvalue weighted by Gasteiger charge is 2.45. The van der Waals surface area contributed by atoms with E-state index in [0.717, 1.165) is 12.1 Å². The maximum atomic E-state index is 13.5. The Morgan fingerprint density at radius 2 is 2.11 bits per heavy atom. The molecule has 1 saturated carbocycles. The number of aliphatic carboxylic acids is 1. The lowest BCUT2D eigenvalue weighted by molar-refractivity contribution is -0.141. The Balaban J connectivity index is 2.00. The molecule has 0 aliphatic heterocycles. The van der Waals surface area contributed by atoms with Gasteiger partial charge in [0.25, 0.3) is 0 Å². The molecule has 102 valence electrons. The van der Waals surface area contributed by atoms with Crippen molar-refractivity contribution in [3.63, 3.8) is 0 Å². The van der Waals surface area contributed by atoms with E-state index in [1.165, 1.54) is 13.0 Å². The van der Waals surface area contributed by atoms with E-state index in [2.05, 4.69) is 5.32 Å². The quantitative estimate of drug-likeness (QED) is 0.873. The van der Waals surface area contributed by atoms with Crippen LogP contribution in [0.3, 0.4) is 0 Å². The van der Waals surface area contributed by atoms with Crippen LogP contribution in [0.15, 0.2) is 18.2 Å². The fourth-order valence-electron chi connectivity index (χ4n) is 2.01. The predicted molar refractivity (Wildman–Crippen MR) is 62.4 cm³/mol. The number of amides is 1. The number of nitrogens with one attached hydrogen (secondary N) is 1. The van der Waals surface area contributed by atoms with E-state index in [4.69, 9.17) is 5.11 Å². The zero-order valence-electron chi connectivity index (χ0n) is 10.2. The number of rotatable bonds is 4. The Morgan fingerprint density at radius 1 is 1.42 bits per heavy atom. The number of benzene rings is 1. The fraction of sp³-hybridized carbons (Fsp3) is 0.385. The summed E-state index contributed by atoms with van der Waals surface area (Å²) in [6.07, 6.45) is 0.445. The Labute approximate surface area is 108 Å². The maximum Gasteiger partial charge on any atom is 0.325 e. The van der Waals surface area contributed by atoms with Crippen molar-refractivity contribution in [3.8, 4) is 0 Å². The molecule has 0 heterocycles. The number of halogens is 2. The van der Waals surface area contributed by atoms with Crippen LogP contribution in [0.2, 0.25) is 0 Å². The van der Waals surface area contributed by atoms with Gasteiger partial charge in [0.2, 0.25) is 5.91 Å². The van der Waals surface area contributed by atoms with Gasteiger partial charge in [0.15, 0.2) is 0 Å². The minimum absolute atomic E-state index is 0.296. The number of carbonyl (C=O) groups excluding carboxylic acids is 1. The van der Waals surface area contributed by atoms with Gasteiger partial charge < -0.3 is 10.4 Å². The predicted octanol–water partition coefficient (Wildman–Crippen LogP) is 1.66. The van der Waals surface area contributed by atoms with Gasteiger partial charge in [-0.15, -0.1) is 0 Å². The molecule has 6 heteroatoms. The van der Waals surface area contributed by atoms with Crippen LogP contribution in [-0.2, 0) is 9.59 Å². The van der Waals surface area contributed by atoms with Gasteiger partial charge in [-0.25, -0.2) is 8.78 Å². The second-order valence-corrected chi connectivity index (χ2v) is 4.68. The van der Waals surface area contributed by atoms with E-state index in [1.807, 2.05) is 0 Å². The normalized spacial score (nSPS) is 22.7. The molecular weight excluding hydrogens is 256 g/mol. The minimum atomic E-state index is -1.13. The Bertz CT molecular complexity index is 533. The van der Waals surface area contributed by atoms with Crippen LogP contribution in [-0.4, -0.2) is 23.0 Å². The molecule has 3 atom stereocenters. The zero-order valence-corrected chi connectivity index (χ0v) is 10.2. The highest BCUT2D eigenvalue weighted by atomic mass is 19.1. The van der Waals surface area contributed by atoms with Gasteiger partial charge in [-0.05, 0) is 30.9 Å². The fourth-order valence-corrected chi connectivity index (χ4v) is 2.01. The van der Waals surface area contributed by atoms with Crippen LogP contribution in [0.4, 0.5) is 8.78 Å². The van der Waals surface area contributed by atoms with E-state index in [0.29, 0.717) is 12.0 Å². The molecule has 1 fully saturated rings. The van der Waals surface area contributed by atoms with Gasteiger partial charge in [0, 0.05) is 12.0 Å². The third-order valence-electron chi connectivity index (χ3n) is 3.22. The van der Waals surface area contributed by atoms with Crippen molar-refractivity contribution in [3.05, 3.63) is 35.4 Å². The largest absolute Gasteiger partial charge is 0.480 e. The van der Waals surface area contributed by atoms with Crippen LogP contribution in [0.1, 0.15) is 24.8 Å². The molecule has 1 aromatic carbocycles. The molecule has 1 amide bonds. The van der Waals surface area contributed by atoms with E-state index in [-0.39, 0.29) is 5.92 Å². The van der Waals surface area contributed by atoms with Crippen LogP contribution >= 0.6 is 0 Å². The highest BCUT2D eigenvalue weighted by Crippen LogP contribution is 2.48. The molecule has 0 aromatic heterocycles. The van der Waals surface area contributed by atoms with Crippen LogP contribution in [0.5, 0.6) is 0 Å². The summed E-state index contributed by atoms with van der Waals surface area (Å²) in [6, 6.07) is 2.27. The van der Waals surface area contributed by atoms with Gasteiger partial charge in [-0.3, -0.25) is 9.59 Å². The lowest BCUT2D eigenvalue weighted by atomic mass is 10.1. The first kappa shape index (κ1) is 13.5. The summed E-state index contributed by atoms with van der Waals surface area (Å²) >= 11 is 0. The first-order valence-corrected chi connectivity index (χ1v) is 5.88. The molecule has 1 aliphatic carbocycles. The summed E-state index contributed by atoms with van der Waals surface area (Å²) in [5.41, 5.74) is 0.296. The highest BCUT2D eigenvalue weighted by molar-refractivity contribution is 5.87. The molecule has 2 rings (SSSR count). The number of carbonyl (C=O) groups is 2. The van der Waals surface area contributed by atoms with Crippen LogP contribution in [0, 0.1) is 17.6 Å². The van der Waals surface area contributed by atoms with E-state index >= 15 is 0 Å². The molecule has 2 N–H and O–H groups in total. The minimum Gasteiger partial charge on any atom is -0.480 e. The molecule has 4 nitrogen and oxygen atoms in total. The first-order chi connectivity index (χ1) is 8.90. The smallest absolute Gasteiger partial charge is 0.325 e. The second-order valence-electron chi connectivity index (χ2n) is 4.68. The molecule has 0 saturated heterocycles. The zero-order chi connectivity index (χ0) is 14.2. The van der Waals surface area contributed by atoms with Crippen molar-refractivity contribution in [2.24, 2.45) is 5.92 Å². The number of hydrogen-bond acceptors (Lipinski definition) is 2. The van der Waals surface area contributed by atoms with E-state index in [9.17, 15) is 18.4 Å². The summed E-state index contributed by atoms with van der Waals surface area (Å²) < 4.78 is 26.3. The van der Waals surface area contributed by atoms with Crippen LogP contribution < -0.4 is 5.32 Å². The Hall–Kier alpha value is -1.98. The topological polar surface area (TPSA) is 66.4 Å². The Morgan fingerprint density at radius 3 is 2.68 bits per heavy atom. The van der Waals surface area contributed by atoms with E-state index < -0.39 is 35.5 Å². The van der Waals surface area contributed by atoms with Gasteiger partial charge in [-0.2, -0.15) is 0 Å². The molecule has 2 unspecified atom stereocenters. The third-order valence-corrected chi connectivity index (χ3v) is 3.22. The monoisotopic (exact) mass is 269 g/mol. The summed E-state index contributed by atoms with van der Waals surface area (Å²) in [4.78, 5) is 22.3. The van der Waals surface area contributed by atoms with Crippen molar-refractivity contribution in [1.82, 2.24) is 5.32 Å². The van der Waals surface area contributed by atoms with Crippen molar-refractivity contribution in [1.29, 1.82) is 0 Å². The van der Waals surface area contributed by atoms with Crippen molar-refractivity contribution < 1.29 is 23.5 Å². The molecule has 0 radical (unpaired) electrons. The van der Waals surface area contributed by atoms with Gasteiger partial charge in [0.1, 0.15) is 17.7 Å². The summed E-state index contributed by atoms with van der Waals surface area (Å²) in [5, 5.41) is 11.0. The number of hydrogen-bond donors (Lipinski definition) is 2. The molecule has 19 heavy (non-hydrogen) atoms. The van der Waals surface area contributed by atoms with Gasteiger partial charge in [0.05, 0.1) is 0 Å². The Kier molecular flexibility index (Phi) is 3.50. The van der Waals surface area contributed by atoms with Gasteiger partial charge >= 0.3 is 5.97 Å². The molecule has 1 aromatic rings. The lowest BCUT2D eigenvalue weighted by Crippen LogP contribution is -2.39. The molecule has 1 aliphatic rings. The molecule has 0 bridgehead atoms. The second kappa shape index (κ2) is 4.95. The SMILES string of the molecule is C[C@@H](NC(=O)C1CC1c1ccc(F)cc1F)C(=O)O. The standard InChI is InChI=1S/C13H13F2NO3/c1-6(13(18)19)16-12(17)10-5-9(10)8-3-2-7(14)4-11(8)15/h2-4,6,9-10H,5H2,1H3,(H,16,17)(H,18,19)/t6-,9?,10?/m1/s1. The number of carboxylic acid groups (broad SMARTS) is 1. The summed E-state index contributed by atoms with van der Waals surface area (Å²) in [5.74, 6) is -3.63. The average molecular weight is 269 g/mol. The maximum absolute atomic E-state index is 13.5. The lowest BCUT2D eigenvalue weighted by Gasteiger charge is -2.09. The van der Waals surface area contributed by atoms with Crippen LogP contribution in [0.25, 0.3) is 0 Å². The molecular formula is C13H13F2NO3. The average Bonchev–Trinajstić information content (AvgIpc) is 3.08. The summed E-state index contributed by atoms with van der Waals surface area (Å²) in [6.45, 7) is 1.36. The van der Waals surface area contributed by atoms with Gasteiger partial charge in [-0.1, -0.05) is 6.07 Å². The summed E-state index contributed by atoms with van der Waals surface area (Å²) in [7, 11) is 0. The van der Waals surface area contributed by atoms with Crippen molar-refractivity contribution >= 4 is 11.9 Å². The number of carboxylic acids is 1.